The minimum absolute atomic E-state index is 0.000648. The SMILES string of the molecule is Cc1cc(F)c(-c2cc(Cl)nc(Cl)n2)cc1F. The first kappa shape index (κ1) is 12.2. The summed E-state index contributed by atoms with van der Waals surface area (Å²) in [4.78, 5) is 7.43. The zero-order valence-corrected chi connectivity index (χ0v) is 10.2. The van der Waals surface area contributed by atoms with Gasteiger partial charge in [0.05, 0.1) is 5.69 Å². The highest BCUT2D eigenvalue weighted by atomic mass is 35.5. The molecule has 0 unspecified atom stereocenters. The van der Waals surface area contributed by atoms with Crippen molar-refractivity contribution in [3.63, 3.8) is 0 Å². The Kier molecular flexibility index (Phi) is 3.26. The van der Waals surface area contributed by atoms with Crippen molar-refractivity contribution in [3.8, 4) is 11.3 Å². The van der Waals surface area contributed by atoms with Gasteiger partial charge < -0.3 is 0 Å². The number of halogens is 4. The standard InChI is InChI=1S/C11H6Cl2F2N2/c1-5-2-8(15)6(3-7(5)14)9-4-10(12)17-11(13)16-9/h2-4H,1H3. The van der Waals surface area contributed by atoms with Gasteiger partial charge in [-0.3, -0.25) is 0 Å². The van der Waals surface area contributed by atoms with Gasteiger partial charge in [-0.05, 0) is 36.2 Å². The quantitative estimate of drug-likeness (QED) is 0.580. The predicted molar refractivity (Wildman–Crippen MR) is 62.1 cm³/mol. The van der Waals surface area contributed by atoms with E-state index in [2.05, 4.69) is 9.97 Å². The van der Waals surface area contributed by atoms with Crippen LogP contribution < -0.4 is 0 Å². The molecular formula is C11H6Cl2F2N2. The van der Waals surface area contributed by atoms with Gasteiger partial charge >= 0.3 is 0 Å². The molecular weight excluding hydrogens is 269 g/mol. The molecule has 0 fully saturated rings. The van der Waals surface area contributed by atoms with E-state index in [1.807, 2.05) is 0 Å². The molecule has 2 aromatic rings. The third-order valence-corrected chi connectivity index (χ3v) is 2.55. The molecule has 0 N–H and O–H groups in total. The molecule has 0 atom stereocenters. The lowest BCUT2D eigenvalue weighted by atomic mass is 10.1. The van der Waals surface area contributed by atoms with Crippen LogP contribution in [0, 0.1) is 18.6 Å². The molecule has 0 radical (unpaired) electrons. The summed E-state index contributed by atoms with van der Waals surface area (Å²) in [6.07, 6.45) is 0. The topological polar surface area (TPSA) is 25.8 Å². The average Bonchev–Trinajstić information content (AvgIpc) is 2.22. The van der Waals surface area contributed by atoms with Crippen LogP contribution >= 0.6 is 23.2 Å². The fourth-order valence-corrected chi connectivity index (χ4v) is 1.78. The molecule has 88 valence electrons. The third-order valence-electron chi connectivity index (χ3n) is 2.19. The smallest absolute Gasteiger partial charge is 0.218 e. The number of aromatic nitrogens is 2. The molecule has 2 nitrogen and oxygen atoms in total. The Balaban J connectivity index is 2.64. The van der Waals surface area contributed by atoms with Crippen LogP contribution in [0.5, 0.6) is 0 Å². The van der Waals surface area contributed by atoms with Gasteiger partial charge in [0.15, 0.2) is 0 Å². The number of hydrogen-bond acceptors (Lipinski definition) is 2. The van der Waals surface area contributed by atoms with Gasteiger partial charge in [-0.25, -0.2) is 18.7 Å². The lowest BCUT2D eigenvalue weighted by Gasteiger charge is -2.05. The maximum Gasteiger partial charge on any atom is 0.224 e. The van der Waals surface area contributed by atoms with Crippen molar-refractivity contribution in [2.75, 3.05) is 0 Å². The minimum atomic E-state index is -0.588. The van der Waals surface area contributed by atoms with E-state index in [1.165, 1.54) is 13.0 Å². The number of nitrogens with zero attached hydrogens (tertiary/aromatic N) is 2. The fourth-order valence-electron chi connectivity index (χ4n) is 1.37. The van der Waals surface area contributed by atoms with E-state index in [0.29, 0.717) is 0 Å². The van der Waals surface area contributed by atoms with Crippen molar-refractivity contribution in [2.24, 2.45) is 0 Å². The number of aryl methyl sites for hydroxylation is 1. The van der Waals surface area contributed by atoms with Gasteiger partial charge in [0, 0.05) is 11.6 Å². The predicted octanol–water partition coefficient (Wildman–Crippen LogP) is 4.04. The summed E-state index contributed by atoms with van der Waals surface area (Å²) in [6.45, 7) is 1.47. The molecule has 1 aromatic carbocycles. The van der Waals surface area contributed by atoms with Crippen LogP contribution in [0.15, 0.2) is 18.2 Å². The van der Waals surface area contributed by atoms with Crippen LogP contribution in [0.1, 0.15) is 5.56 Å². The molecule has 0 aliphatic heterocycles. The number of rotatable bonds is 1. The Labute approximate surface area is 106 Å². The van der Waals surface area contributed by atoms with Gasteiger partial charge in [-0.2, -0.15) is 0 Å². The molecule has 0 bridgehead atoms. The van der Waals surface area contributed by atoms with Crippen LogP contribution in [-0.2, 0) is 0 Å². The summed E-state index contributed by atoms with van der Waals surface area (Å²) in [6, 6.07) is 3.47. The van der Waals surface area contributed by atoms with E-state index >= 15 is 0 Å². The highest BCUT2D eigenvalue weighted by Crippen LogP contribution is 2.26. The summed E-state index contributed by atoms with van der Waals surface area (Å²) >= 11 is 11.3. The molecule has 17 heavy (non-hydrogen) atoms. The second-order valence-electron chi connectivity index (χ2n) is 3.43. The molecule has 1 aromatic heterocycles. The van der Waals surface area contributed by atoms with Gasteiger partial charge in [0.2, 0.25) is 5.28 Å². The molecule has 0 saturated heterocycles. The summed E-state index contributed by atoms with van der Waals surface area (Å²) in [7, 11) is 0. The largest absolute Gasteiger partial charge is 0.224 e. The van der Waals surface area contributed by atoms with E-state index in [1.54, 1.807) is 0 Å². The summed E-state index contributed by atoms with van der Waals surface area (Å²) in [5, 5.41) is -0.0479. The van der Waals surface area contributed by atoms with E-state index in [9.17, 15) is 8.78 Å². The van der Waals surface area contributed by atoms with Crippen LogP contribution in [0.4, 0.5) is 8.78 Å². The van der Waals surface area contributed by atoms with E-state index in [-0.39, 0.29) is 27.3 Å². The molecule has 1 heterocycles. The van der Waals surface area contributed by atoms with Crippen LogP contribution in [0.2, 0.25) is 10.4 Å². The van der Waals surface area contributed by atoms with Gasteiger partial charge in [0.1, 0.15) is 16.8 Å². The first-order valence-corrected chi connectivity index (χ1v) is 5.39. The maximum absolute atomic E-state index is 13.7. The second-order valence-corrected chi connectivity index (χ2v) is 4.15. The molecule has 0 spiro atoms. The van der Waals surface area contributed by atoms with Gasteiger partial charge in [-0.1, -0.05) is 11.6 Å². The second kappa shape index (κ2) is 4.55. The van der Waals surface area contributed by atoms with Crippen molar-refractivity contribution >= 4 is 23.2 Å². The Morgan fingerprint density at radius 3 is 2.35 bits per heavy atom. The minimum Gasteiger partial charge on any atom is -0.218 e. The van der Waals surface area contributed by atoms with Crippen molar-refractivity contribution in [3.05, 3.63) is 45.8 Å². The zero-order valence-electron chi connectivity index (χ0n) is 8.64. The van der Waals surface area contributed by atoms with E-state index in [4.69, 9.17) is 23.2 Å². The summed E-state index contributed by atoms with van der Waals surface area (Å²) in [5.74, 6) is -1.11. The number of hydrogen-bond donors (Lipinski definition) is 0. The number of benzene rings is 1. The summed E-state index contributed by atoms with van der Waals surface area (Å²) < 4.78 is 27.0. The highest BCUT2D eigenvalue weighted by Gasteiger charge is 2.12. The van der Waals surface area contributed by atoms with Crippen molar-refractivity contribution < 1.29 is 8.78 Å². The van der Waals surface area contributed by atoms with Crippen molar-refractivity contribution in [1.29, 1.82) is 0 Å². The molecule has 2 rings (SSSR count). The monoisotopic (exact) mass is 274 g/mol. The van der Waals surface area contributed by atoms with E-state index in [0.717, 1.165) is 12.1 Å². The lowest BCUT2D eigenvalue weighted by molar-refractivity contribution is 0.594. The van der Waals surface area contributed by atoms with Crippen molar-refractivity contribution in [2.45, 2.75) is 6.92 Å². The first-order valence-electron chi connectivity index (χ1n) is 4.63. The van der Waals surface area contributed by atoms with Gasteiger partial charge in [-0.15, -0.1) is 0 Å². The van der Waals surface area contributed by atoms with Crippen LogP contribution in [0.25, 0.3) is 11.3 Å². The van der Waals surface area contributed by atoms with E-state index < -0.39 is 11.6 Å². The Bertz CT molecular complexity index is 568. The summed E-state index contributed by atoms with van der Waals surface area (Å²) in [5.41, 5.74) is 0.364. The Morgan fingerprint density at radius 2 is 1.71 bits per heavy atom. The van der Waals surface area contributed by atoms with Crippen LogP contribution in [-0.4, -0.2) is 9.97 Å². The van der Waals surface area contributed by atoms with Crippen molar-refractivity contribution in [1.82, 2.24) is 9.97 Å². The van der Waals surface area contributed by atoms with Crippen LogP contribution in [0.3, 0.4) is 0 Å². The Hall–Kier alpha value is -1.26. The third kappa shape index (κ3) is 2.53. The average molecular weight is 275 g/mol. The molecule has 0 amide bonds. The normalized spacial score (nSPS) is 10.6. The maximum atomic E-state index is 13.7. The molecule has 0 aliphatic rings. The molecule has 0 saturated carbocycles. The zero-order chi connectivity index (χ0) is 12.6. The fraction of sp³-hybridized carbons (Fsp3) is 0.0909. The molecule has 0 aliphatic carbocycles. The highest BCUT2D eigenvalue weighted by molar-refractivity contribution is 6.32. The first-order chi connectivity index (χ1) is 7.97. The van der Waals surface area contributed by atoms with Gasteiger partial charge in [0.25, 0.3) is 0 Å². The Morgan fingerprint density at radius 1 is 1.00 bits per heavy atom. The lowest BCUT2D eigenvalue weighted by Crippen LogP contribution is -1.94. The molecule has 6 heteroatoms.